The summed E-state index contributed by atoms with van der Waals surface area (Å²) in [6.07, 6.45) is 0. The second kappa shape index (κ2) is 8.15. The van der Waals surface area contributed by atoms with Gasteiger partial charge >= 0.3 is 0 Å². The summed E-state index contributed by atoms with van der Waals surface area (Å²) in [4.78, 5) is 9.83. The third-order valence-corrected chi connectivity index (χ3v) is 7.66. The van der Waals surface area contributed by atoms with Crippen LogP contribution in [0.3, 0.4) is 0 Å². The highest BCUT2D eigenvalue weighted by atomic mass is 35.5. The number of non-ortho nitro benzene ring substituents is 1. The van der Waals surface area contributed by atoms with Gasteiger partial charge in [-0.05, 0) is 17.7 Å². The number of halogens is 1. The molecule has 10 heteroatoms. The van der Waals surface area contributed by atoms with Crippen molar-refractivity contribution in [1.29, 1.82) is 0 Å². The summed E-state index contributed by atoms with van der Waals surface area (Å²) in [5.74, 6) is -1.30. The lowest BCUT2D eigenvalue weighted by atomic mass is 10.2. The van der Waals surface area contributed by atoms with Crippen molar-refractivity contribution >= 4 is 37.0 Å². The minimum absolute atomic E-state index is 0.144. The molecule has 0 bridgehead atoms. The van der Waals surface area contributed by atoms with Crippen LogP contribution in [0.1, 0.15) is 5.56 Å². The Labute approximate surface area is 156 Å². The number of nitro groups is 1. The van der Waals surface area contributed by atoms with Crippen molar-refractivity contribution in [2.24, 2.45) is 0 Å². The van der Waals surface area contributed by atoms with Gasteiger partial charge in [0.1, 0.15) is 0 Å². The molecule has 0 fully saturated rings. The fourth-order valence-electron chi connectivity index (χ4n) is 2.32. The SMILES string of the molecule is O=[N+]([O-])c1ccc(S(=O)(=O)C[C@H](Cl)CS(=O)(=O)Cc2ccccc2)cc1. The quantitative estimate of drug-likeness (QED) is 0.370. The van der Waals surface area contributed by atoms with E-state index in [4.69, 9.17) is 11.6 Å². The maximum atomic E-state index is 12.3. The van der Waals surface area contributed by atoms with E-state index in [-0.39, 0.29) is 16.3 Å². The molecule has 140 valence electrons. The van der Waals surface area contributed by atoms with Crippen LogP contribution in [0.15, 0.2) is 59.5 Å². The van der Waals surface area contributed by atoms with E-state index in [2.05, 4.69) is 0 Å². The van der Waals surface area contributed by atoms with Crippen LogP contribution in [0.5, 0.6) is 0 Å². The summed E-state index contributed by atoms with van der Waals surface area (Å²) < 4.78 is 49.0. The Morgan fingerprint density at radius 3 is 2.04 bits per heavy atom. The van der Waals surface area contributed by atoms with Crippen LogP contribution in [-0.4, -0.2) is 38.6 Å². The first kappa shape index (κ1) is 20.3. The van der Waals surface area contributed by atoms with Gasteiger partial charge in [-0.25, -0.2) is 16.8 Å². The third-order valence-electron chi connectivity index (χ3n) is 3.47. The molecule has 0 amide bonds. The lowest BCUT2D eigenvalue weighted by molar-refractivity contribution is -0.384. The maximum Gasteiger partial charge on any atom is 0.269 e. The Morgan fingerprint density at radius 2 is 1.50 bits per heavy atom. The van der Waals surface area contributed by atoms with Gasteiger partial charge in [-0.1, -0.05) is 30.3 Å². The predicted octanol–water partition coefficient (Wildman–Crippen LogP) is 2.59. The van der Waals surface area contributed by atoms with Crippen LogP contribution < -0.4 is 0 Å². The molecule has 0 N–H and O–H groups in total. The zero-order valence-corrected chi connectivity index (χ0v) is 15.9. The number of nitrogens with zero attached hydrogens (tertiary/aromatic N) is 1. The molecule has 0 heterocycles. The second-order valence-electron chi connectivity index (χ2n) is 5.67. The molecule has 1 atom stereocenters. The Balaban J connectivity index is 2.05. The van der Waals surface area contributed by atoms with Crippen LogP contribution in [0.25, 0.3) is 0 Å². The zero-order valence-electron chi connectivity index (χ0n) is 13.5. The monoisotopic (exact) mass is 417 g/mol. The van der Waals surface area contributed by atoms with E-state index in [1.54, 1.807) is 30.3 Å². The van der Waals surface area contributed by atoms with Crippen molar-refractivity contribution < 1.29 is 21.8 Å². The highest BCUT2D eigenvalue weighted by molar-refractivity contribution is 7.92. The summed E-state index contributed by atoms with van der Waals surface area (Å²) in [5, 5.41) is 9.48. The van der Waals surface area contributed by atoms with Crippen LogP contribution in [0.2, 0.25) is 0 Å². The van der Waals surface area contributed by atoms with E-state index < -0.39 is 41.5 Å². The smallest absolute Gasteiger partial charge is 0.258 e. The van der Waals surface area contributed by atoms with Gasteiger partial charge in [-0.15, -0.1) is 11.6 Å². The highest BCUT2D eigenvalue weighted by Crippen LogP contribution is 2.19. The number of hydrogen-bond acceptors (Lipinski definition) is 6. The van der Waals surface area contributed by atoms with Gasteiger partial charge in [0.2, 0.25) is 0 Å². The normalized spacial score (nSPS) is 13.3. The van der Waals surface area contributed by atoms with E-state index in [1.165, 1.54) is 0 Å². The van der Waals surface area contributed by atoms with Gasteiger partial charge in [-0.2, -0.15) is 0 Å². The number of hydrogen-bond donors (Lipinski definition) is 0. The third kappa shape index (κ3) is 5.79. The molecular weight excluding hydrogens is 402 g/mol. The van der Waals surface area contributed by atoms with Crippen LogP contribution in [0.4, 0.5) is 5.69 Å². The molecule has 0 aliphatic carbocycles. The van der Waals surface area contributed by atoms with Crippen molar-refractivity contribution in [1.82, 2.24) is 0 Å². The molecule has 0 spiro atoms. The summed E-state index contributed by atoms with van der Waals surface area (Å²) in [7, 11) is -7.46. The lowest BCUT2D eigenvalue weighted by Gasteiger charge is -2.11. The first-order chi connectivity index (χ1) is 12.1. The van der Waals surface area contributed by atoms with Gasteiger partial charge in [0.05, 0.1) is 32.5 Å². The maximum absolute atomic E-state index is 12.3. The summed E-state index contributed by atoms with van der Waals surface area (Å²) >= 11 is 5.98. The van der Waals surface area contributed by atoms with Gasteiger partial charge < -0.3 is 0 Å². The average Bonchev–Trinajstić information content (AvgIpc) is 2.54. The van der Waals surface area contributed by atoms with Crippen molar-refractivity contribution in [3.05, 3.63) is 70.3 Å². The Bertz CT molecular complexity index is 973. The first-order valence-corrected chi connectivity index (χ1v) is 11.4. The van der Waals surface area contributed by atoms with Crippen molar-refractivity contribution in [2.45, 2.75) is 16.0 Å². The largest absolute Gasteiger partial charge is 0.269 e. The average molecular weight is 418 g/mol. The summed E-state index contributed by atoms with van der Waals surface area (Å²) in [6.45, 7) is 0. The molecule has 0 aliphatic heterocycles. The molecule has 0 unspecified atom stereocenters. The molecule has 26 heavy (non-hydrogen) atoms. The Kier molecular flexibility index (Phi) is 6.38. The second-order valence-corrected chi connectivity index (χ2v) is 10.4. The molecule has 0 aromatic heterocycles. The molecule has 0 aliphatic rings. The predicted molar refractivity (Wildman–Crippen MR) is 98.7 cm³/mol. The standard InChI is InChI=1S/C16H16ClNO6S2/c17-14(11-25(21,22)10-13-4-2-1-3-5-13)12-26(23,24)16-8-6-15(7-9-16)18(19)20/h1-9,14H,10-12H2/t14-/m1/s1. The molecule has 0 saturated heterocycles. The van der Waals surface area contributed by atoms with Gasteiger partial charge in [0, 0.05) is 12.1 Å². The molecule has 2 aromatic carbocycles. The van der Waals surface area contributed by atoms with Crippen LogP contribution in [0, 0.1) is 10.1 Å². The lowest BCUT2D eigenvalue weighted by Crippen LogP contribution is -2.25. The molecule has 7 nitrogen and oxygen atoms in total. The molecule has 2 rings (SSSR count). The van der Waals surface area contributed by atoms with Crippen molar-refractivity contribution in [2.75, 3.05) is 11.5 Å². The van der Waals surface area contributed by atoms with E-state index in [0.717, 1.165) is 24.3 Å². The molecule has 0 saturated carbocycles. The number of rotatable bonds is 8. The van der Waals surface area contributed by atoms with Gasteiger partial charge in [0.15, 0.2) is 19.7 Å². The molecule has 0 radical (unpaired) electrons. The number of benzene rings is 2. The summed E-state index contributed by atoms with van der Waals surface area (Å²) in [5.41, 5.74) is 0.353. The molecule has 2 aromatic rings. The van der Waals surface area contributed by atoms with E-state index in [9.17, 15) is 26.9 Å². The van der Waals surface area contributed by atoms with Crippen LogP contribution in [-0.2, 0) is 25.4 Å². The Morgan fingerprint density at radius 1 is 0.923 bits per heavy atom. The van der Waals surface area contributed by atoms with Crippen LogP contribution >= 0.6 is 11.6 Å². The fourth-order valence-corrected chi connectivity index (χ4v) is 6.37. The van der Waals surface area contributed by atoms with Crippen molar-refractivity contribution in [3.63, 3.8) is 0 Å². The molecular formula is C16H16ClNO6S2. The number of alkyl halides is 1. The zero-order chi connectivity index (χ0) is 19.4. The Hall–Kier alpha value is -1.97. The topological polar surface area (TPSA) is 111 Å². The highest BCUT2D eigenvalue weighted by Gasteiger charge is 2.25. The van der Waals surface area contributed by atoms with Gasteiger partial charge in [-0.3, -0.25) is 10.1 Å². The van der Waals surface area contributed by atoms with Gasteiger partial charge in [0.25, 0.3) is 5.69 Å². The minimum Gasteiger partial charge on any atom is -0.258 e. The first-order valence-electron chi connectivity index (χ1n) is 7.45. The van der Waals surface area contributed by atoms with E-state index in [0.29, 0.717) is 5.56 Å². The van der Waals surface area contributed by atoms with E-state index >= 15 is 0 Å². The number of nitro benzene ring substituents is 1. The summed E-state index contributed by atoms with van der Waals surface area (Å²) in [6, 6.07) is 12.9. The van der Waals surface area contributed by atoms with E-state index in [1.807, 2.05) is 0 Å². The fraction of sp³-hybridized carbons (Fsp3) is 0.250. The minimum atomic E-state index is -3.87. The van der Waals surface area contributed by atoms with Crippen molar-refractivity contribution in [3.8, 4) is 0 Å². The number of sulfone groups is 2.